The van der Waals surface area contributed by atoms with Crippen molar-refractivity contribution in [2.45, 2.75) is 51.0 Å². The van der Waals surface area contributed by atoms with Gasteiger partial charge in [0, 0.05) is 17.1 Å². The predicted molar refractivity (Wildman–Crippen MR) is 75.3 cm³/mol. The lowest BCUT2D eigenvalue weighted by Crippen LogP contribution is -2.51. The molecule has 1 saturated carbocycles. The number of rotatable bonds is 6. The fourth-order valence-electron chi connectivity index (χ4n) is 2.20. The fraction of sp³-hybridized carbons (Fsp3) is 0.917. The van der Waals surface area contributed by atoms with E-state index in [0.29, 0.717) is 12.3 Å². The second-order valence-electron chi connectivity index (χ2n) is 4.80. The number of carbonyl (C=O) groups excluding carboxylic acids is 1. The summed E-state index contributed by atoms with van der Waals surface area (Å²) in [4.78, 5) is 11.9. The molecule has 0 unspecified atom stereocenters. The Morgan fingerprint density at radius 2 is 1.88 bits per heavy atom. The molecule has 1 amide bonds. The molecule has 1 fully saturated rings. The summed E-state index contributed by atoms with van der Waals surface area (Å²) < 4.78 is 0. The molecule has 0 aliphatic heterocycles. The van der Waals surface area contributed by atoms with Gasteiger partial charge in [0.15, 0.2) is 0 Å². The Kier molecular flexibility index (Phi) is 6.34. The van der Waals surface area contributed by atoms with Gasteiger partial charge in [-0.3, -0.25) is 4.79 Å². The molecule has 0 aromatic rings. The molecular weight excluding hydrogens is 334 g/mol. The standard InChI is InChI=1S/C12H21Br2NO/c1-2-12(8-13,9-14)15-11(16)7-10-5-3-4-6-10/h10H,2-9H2,1H3,(H,15,16). The van der Waals surface area contributed by atoms with Crippen LogP contribution in [0, 0.1) is 5.92 Å². The minimum absolute atomic E-state index is 0.115. The highest BCUT2D eigenvalue weighted by atomic mass is 79.9. The van der Waals surface area contributed by atoms with Crippen LogP contribution in [0.3, 0.4) is 0 Å². The molecule has 0 bridgehead atoms. The van der Waals surface area contributed by atoms with E-state index in [0.717, 1.165) is 17.1 Å². The third-order valence-electron chi connectivity index (χ3n) is 3.54. The van der Waals surface area contributed by atoms with Crippen LogP contribution in [0.5, 0.6) is 0 Å². The van der Waals surface area contributed by atoms with E-state index in [1.807, 2.05) is 0 Å². The van der Waals surface area contributed by atoms with Gasteiger partial charge in [0.1, 0.15) is 0 Å². The number of amides is 1. The zero-order chi connectivity index (χ0) is 12.0. The Hall–Kier alpha value is 0.430. The van der Waals surface area contributed by atoms with E-state index in [2.05, 4.69) is 44.1 Å². The molecule has 0 aromatic heterocycles. The molecule has 94 valence electrons. The van der Waals surface area contributed by atoms with Gasteiger partial charge in [-0.2, -0.15) is 0 Å². The molecule has 16 heavy (non-hydrogen) atoms. The topological polar surface area (TPSA) is 29.1 Å². The smallest absolute Gasteiger partial charge is 0.220 e. The highest BCUT2D eigenvalue weighted by Crippen LogP contribution is 2.28. The van der Waals surface area contributed by atoms with Gasteiger partial charge in [0.25, 0.3) is 0 Å². The van der Waals surface area contributed by atoms with Crippen molar-refractivity contribution in [2.24, 2.45) is 5.92 Å². The molecule has 1 rings (SSSR count). The number of hydrogen-bond donors (Lipinski definition) is 1. The second kappa shape index (κ2) is 7.00. The van der Waals surface area contributed by atoms with Crippen molar-refractivity contribution in [2.75, 3.05) is 10.7 Å². The van der Waals surface area contributed by atoms with Crippen LogP contribution in [-0.2, 0) is 4.79 Å². The molecule has 1 aliphatic rings. The minimum atomic E-state index is -0.115. The molecule has 0 spiro atoms. The lowest BCUT2D eigenvalue weighted by Gasteiger charge is -2.30. The summed E-state index contributed by atoms with van der Waals surface area (Å²) in [5.74, 6) is 0.841. The van der Waals surface area contributed by atoms with Crippen molar-refractivity contribution in [1.29, 1.82) is 0 Å². The maximum Gasteiger partial charge on any atom is 0.220 e. The van der Waals surface area contributed by atoms with E-state index in [-0.39, 0.29) is 11.4 Å². The van der Waals surface area contributed by atoms with Gasteiger partial charge in [-0.15, -0.1) is 0 Å². The highest BCUT2D eigenvalue weighted by Gasteiger charge is 2.28. The van der Waals surface area contributed by atoms with Crippen molar-refractivity contribution in [3.63, 3.8) is 0 Å². The number of hydrogen-bond acceptors (Lipinski definition) is 1. The molecule has 1 N–H and O–H groups in total. The van der Waals surface area contributed by atoms with Crippen molar-refractivity contribution >= 4 is 37.8 Å². The van der Waals surface area contributed by atoms with Crippen molar-refractivity contribution < 1.29 is 4.79 Å². The maximum atomic E-state index is 11.9. The largest absolute Gasteiger partial charge is 0.349 e. The molecule has 0 aromatic carbocycles. The molecule has 2 nitrogen and oxygen atoms in total. The Morgan fingerprint density at radius 1 is 1.31 bits per heavy atom. The summed E-state index contributed by atoms with van der Waals surface area (Å²) in [7, 11) is 0. The van der Waals surface area contributed by atoms with Crippen LogP contribution in [-0.4, -0.2) is 22.1 Å². The molecule has 0 radical (unpaired) electrons. The van der Waals surface area contributed by atoms with E-state index >= 15 is 0 Å². The van der Waals surface area contributed by atoms with Crippen LogP contribution in [0.15, 0.2) is 0 Å². The Morgan fingerprint density at radius 3 is 2.31 bits per heavy atom. The quantitative estimate of drug-likeness (QED) is 0.725. The summed E-state index contributed by atoms with van der Waals surface area (Å²) in [6.45, 7) is 2.11. The first-order valence-corrected chi connectivity index (χ1v) is 8.33. The predicted octanol–water partition coefficient (Wildman–Crippen LogP) is 3.62. The van der Waals surface area contributed by atoms with Crippen molar-refractivity contribution in [1.82, 2.24) is 5.32 Å². The molecule has 0 heterocycles. The van der Waals surface area contributed by atoms with Gasteiger partial charge in [-0.05, 0) is 25.2 Å². The molecule has 0 saturated heterocycles. The second-order valence-corrected chi connectivity index (χ2v) is 5.93. The Labute approximate surface area is 115 Å². The SMILES string of the molecule is CCC(CBr)(CBr)NC(=O)CC1CCCC1. The van der Waals surface area contributed by atoms with E-state index in [1.165, 1.54) is 25.7 Å². The molecular formula is C12H21Br2NO. The Bertz CT molecular complexity index is 215. The first-order valence-electron chi connectivity index (χ1n) is 6.08. The Balaban J connectivity index is 2.41. The molecule has 0 atom stereocenters. The number of carbonyl (C=O) groups is 1. The lowest BCUT2D eigenvalue weighted by molar-refractivity contribution is -0.123. The van der Waals surface area contributed by atoms with E-state index < -0.39 is 0 Å². The third-order valence-corrected chi connectivity index (χ3v) is 5.69. The van der Waals surface area contributed by atoms with Gasteiger partial charge in [-0.1, -0.05) is 51.6 Å². The number of alkyl halides is 2. The summed E-state index contributed by atoms with van der Waals surface area (Å²) in [6.07, 6.45) is 6.72. The first-order chi connectivity index (χ1) is 7.65. The van der Waals surface area contributed by atoms with Crippen LogP contribution in [0.2, 0.25) is 0 Å². The van der Waals surface area contributed by atoms with Gasteiger partial charge in [0.05, 0.1) is 5.54 Å². The van der Waals surface area contributed by atoms with Gasteiger partial charge in [0.2, 0.25) is 5.91 Å². The molecule has 1 aliphatic carbocycles. The van der Waals surface area contributed by atoms with Crippen LogP contribution >= 0.6 is 31.9 Å². The summed E-state index contributed by atoms with van der Waals surface area (Å²) in [6, 6.07) is 0. The van der Waals surface area contributed by atoms with E-state index in [9.17, 15) is 4.79 Å². The summed E-state index contributed by atoms with van der Waals surface area (Å²) in [5.41, 5.74) is -0.115. The number of halogens is 2. The maximum absolute atomic E-state index is 11.9. The van der Waals surface area contributed by atoms with Crippen LogP contribution < -0.4 is 5.32 Å². The molecule has 4 heteroatoms. The zero-order valence-electron chi connectivity index (χ0n) is 9.90. The van der Waals surface area contributed by atoms with E-state index in [1.54, 1.807) is 0 Å². The summed E-state index contributed by atoms with van der Waals surface area (Å²) in [5, 5.41) is 4.78. The first kappa shape index (κ1) is 14.5. The lowest BCUT2D eigenvalue weighted by atomic mass is 9.99. The minimum Gasteiger partial charge on any atom is -0.349 e. The van der Waals surface area contributed by atoms with Crippen LogP contribution in [0.1, 0.15) is 45.4 Å². The zero-order valence-corrected chi connectivity index (χ0v) is 13.1. The van der Waals surface area contributed by atoms with Gasteiger partial charge < -0.3 is 5.32 Å². The van der Waals surface area contributed by atoms with Crippen molar-refractivity contribution in [3.8, 4) is 0 Å². The highest BCUT2D eigenvalue weighted by molar-refractivity contribution is 9.09. The average molecular weight is 355 g/mol. The summed E-state index contributed by atoms with van der Waals surface area (Å²) >= 11 is 6.98. The number of nitrogens with one attached hydrogen (secondary N) is 1. The fourth-order valence-corrected chi connectivity index (χ4v) is 4.21. The van der Waals surface area contributed by atoms with Crippen LogP contribution in [0.4, 0.5) is 0 Å². The van der Waals surface area contributed by atoms with Crippen LogP contribution in [0.25, 0.3) is 0 Å². The normalized spacial score (nSPS) is 17.7. The average Bonchev–Trinajstić information content (AvgIpc) is 2.79. The third kappa shape index (κ3) is 4.02. The van der Waals surface area contributed by atoms with Gasteiger partial charge >= 0.3 is 0 Å². The monoisotopic (exact) mass is 353 g/mol. The van der Waals surface area contributed by atoms with Gasteiger partial charge in [-0.25, -0.2) is 0 Å². The van der Waals surface area contributed by atoms with Crippen molar-refractivity contribution in [3.05, 3.63) is 0 Å². The van der Waals surface area contributed by atoms with E-state index in [4.69, 9.17) is 0 Å².